The van der Waals surface area contributed by atoms with Crippen LogP contribution in [0, 0.1) is 13.8 Å². The van der Waals surface area contributed by atoms with Crippen molar-refractivity contribution in [2.75, 3.05) is 12.0 Å². The van der Waals surface area contributed by atoms with Crippen LogP contribution in [0.3, 0.4) is 0 Å². The summed E-state index contributed by atoms with van der Waals surface area (Å²) in [7, 11) is 0. The van der Waals surface area contributed by atoms with Gasteiger partial charge < -0.3 is 4.74 Å². The summed E-state index contributed by atoms with van der Waals surface area (Å²) in [6, 6.07) is 15.4. The van der Waals surface area contributed by atoms with Gasteiger partial charge in [-0.15, -0.1) is 0 Å². The predicted molar refractivity (Wildman–Crippen MR) is 106 cm³/mol. The SMILES string of the molecule is CSCC[C@H]1Oc2ccccc2[C@H]2CC(c3ccc(C)c(C)c3)=NN21. The van der Waals surface area contributed by atoms with Gasteiger partial charge in [0.2, 0.25) is 0 Å². The molecule has 0 radical (unpaired) electrons. The lowest BCUT2D eigenvalue weighted by Crippen LogP contribution is -2.40. The number of thioether (sulfide) groups is 1. The zero-order valence-corrected chi connectivity index (χ0v) is 15.8. The Balaban J connectivity index is 1.69. The molecule has 0 fully saturated rings. The highest BCUT2D eigenvalue weighted by Crippen LogP contribution is 2.43. The summed E-state index contributed by atoms with van der Waals surface area (Å²) in [5.74, 6) is 2.09. The van der Waals surface area contributed by atoms with Crippen molar-refractivity contribution in [2.45, 2.75) is 39.0 Å². The first-order valence-electron chi connectivity index (χ1n) is 8.85. The Hall–Kier alpha value is -1.94. The number of ether oxygens (including phenoxy) is 1. The Labute approximate surface area is 154 Å². The van der Waals surface area contributed by atoms with E-state index >= 15 is 0 Å². The molecule has 3 nitrogen and oxygen atoms in total. The van der Waals surface area contributed by atoms with Crippen LogP contribution in [0.25, 0.3) is 0 Å². The molecule has 0 amide bonds. The van der Waals surface area contributed by atoms with Gasteiger partial charge in [0.1, 0.15) is 5.75 Å². The van der Waals surface area contributed by atoms with Gasteiger partial charge in [0.05, 0.1) is 11.8 Å². The van der Waals surface area contributed by atoms with Crippen molar-refractivity contribution in [1.29, 1.82) is 0 Å². The Morgan fingerprint density at radius 1 is 1.16 bits per heavy atom. The first-order chi connectivity index (χ1) is 12.2. The zero-order valence-electron chi connectivity index (χ0n) is 15.0. The molecule has 0 aliphatic carbocycles. The van der Waals surface area contributed by atoms with Gasteiger partial charge in [-0.3, -0.25) is 5.01 Å². The number of fused-ring (bicyclic) bond motifs is 3. The number of rotatable bonds is 4. The average molecular weight is 353 g/mol. The zero-order chi connectivity index (χ0) is 17.4. The number of nitrogens with zero attached hydrogens (tertiary/aromatic N) is 2. The van der Waals surface area contributed by atoms with Gasteiger partial charge in [-0.05, 0) is 54.7 Å². The average Bonchev–Trinajstić information content (AvgIpc) is 3.08. The fraction of sp³-hybridized carbons (Fsp3) is 0.381. The van der Waals surface area contributed by atoms with E-state index in [2.05, 4.69) is 67.6 Å². The normalized spacial score (nSPS) is 21.4. The van der Waals surface area contributed by atoms with Crippen LogP contribution in [0.1, 0.15) is 41.1 Å². The second kappa shape index (κ2) is 6.75. The summed E-state index contributed by atoms with van der Waals surface area (Å²) in [6.45, 7) is 4.32. The topological polar surface area (TPSA) is 24.8 Å². The molecule has 0 saturated carbocycles. The summed E-state index contributed by atoms with van der Waals surface area (Å²) in [6.07, 6.45) is 4.09. The third-order valence-electron chi connectivity index (χ3n) is 5.19. The van der Waals surface area contributed by atoms with E-state index in [0.717, 1.165) is 24.3 Å². The van der Waals surface area contributed by atoms with Crippen LogP contribution in [0.4, 0.5) is 0 Å². The Kier molecular flexibility index (Phi) is 4.46. The molecular weight excluding hydrogens is 328 g/mol. The highest BCUT2D eigenvalue weighted by atomic mass is 32.2. The fourth-order valence-electron chi connectivity index (χ4n) is 3.61. The molecule has 2 aliphatic rings. The molecule has 0 spiro atoms. The molecule has 2 aromatic carbocycles. The van der Waals surface area contributed by atoms with Crippen LogP contribution in [0.15, 0.2) is 47.6 Å². The molecule has 4 heteroatoms. The minimum absolute atomic E-state index is 0.0244. The first kappa shape index (κ1) is 16.5. The summed E-state index contributed by atoms with van der Waals surface area (Å²) in [5, 5.41) is 7.20. The van der Waals surface area contributed by atoms with Crippen molar-refractivity contribution in [3.8, 4) is 5.75 Å². The molecule has 0 saturated heterocycles. The number of benzene rings is 2. The Bertz CT molecular complexity index is 817. The quantitative estimate of drug-likeness (QED) is 0.780. The molecule has 2 heterocycles. The second-order valence-corrected chi connectivity index (χ2v) is 7.82. The number of hydrazone groups is 1. The third kappa shape index (κ3) is 3.04. The number of hydrogen-bond acceptors (Lipinski definition) is 4. The van der Waals surface area contributed by atoms with Gasteiger partial charge in [0, 0.05) is 18.4 Å². The third-order valence-corrected chi connectivity index (χ3v) is 5.83. The number of aryl methyl sites for hydroxylation is 2. The summed E-state index contributed by atoms with van der Waals surface area (Å²) in [4.78, 5) is 0. The molecule has 2 aliphatic heterocycles. The van der Waals surface area contributed by atoms with Crippen molar-refractivity contribution in [2.24, 2.45) is 5.10 Å². The van der Waals surface area contributed by atoms with E-state index < -0.39 is 0 Å². The van der Waals surface area contributed by atoms with Crippen molar-refractivity contribution < 1.29 is 4.74 Å². The molecule has 2 aromatic rings. The molecule has 0 bridgehead atoms. The molecular formula is C21H24N2OS. The van der Waals surface area contributed by atoms with Gasteiger partial charge in [-0.2, -0.15) is 16.9 Å². The fourth-order valence-corrected chi connectivity index (χ4v) is 4.05. The van der Waals surface area contributed by atoms with Crippen LogP contribution in [0.5, 0.6) is 5.75 Å². The smallest absolute Gasteiger partial charge is 0.188 e. The van der Waals surface area contributed by atoms with E-state index in [1.807, 2.05) is 11.8 Å². The Morgan fingerprint density at radius 2 is 2.00 bits per heavy atom. The van der Waals surface area contributed by atoms with Crippen molar-refractivity contribution in [1.82, 2.24) is 5.01 Å². The Morgan fingerprint density at radius 3 is 2.80 bits per heavy atom. The van der Waals surface area contributed by atoms with Crippen LogP contribution < -0.4 is 4.74 Å². The number of hydrogen-bond donors (Lipinski definition) is 0. The standard InChI is InChI=1S/C21H24N2OS/c1-14-8-9-16(12-15(14)2)18-13-19-17-6-4-5-7-20(17)24-21(10-11-25-3)23(19)22-18/h4-9,12,19,21H,10-11,13H2,1-3H3/t19-,21-/m1/s1. The maximum absolute atomic E-state index is 6.28. The minimum Gasteiger partial charge on any atom is -0.469 e. The molecule has 0 aromatic heterocycles. The van der Waals surface area contributed by atoms with Crippen molar-refractivity contribution in [3.63, 3.8) is 0 Å². The van der Waals surface area contributed by atoms with Gasteiger partial charge in [-0.1, -0.05) is 30.3 Å². The van der Waals surface area contributed by atoms with E-state index in [1.165, 1.54) is 28.0 Å². The number of para-hydroxylation sites is 1. The highest BCUT2D eigenvalue weighted by molar-refractivity contribution is 7.98. The maximum Gasteiger partial charge on any atom is 0.188 e. The summed E-state index contributed by atoms with van der Waals surface area (Å²) in [5.41, 5.74) is 6.30. The monoisotopic (exact) mass is 352 g/mol. The van der Waals surface area contributed by atoms with E-state index in [1.54, 1.807) is 0 Å². The van der Waals surface area contributed by atoms with Crippen LogP contribution in [0.2, 0.25) is 0 Å². The largest absolute Gasteiger partial charge is 0.469 e. The first-order valence-corrected chi connectivity index (χ1v) is 10.2. The van der Waals surface area contributed by atoms with Crippen LogP contribution in [-0.4, -0.2) is 29.0 Å². The predicted octanol–water partition coefficient (Wildman–Crippen LogP) is 4.93. The second-order valence-electron chi connectivity index (χ2n) is 6.84. The van der Waals surface area contributed by atoms with E-state index in [4.69, 9.17) is 9.84 Å². The molecule has 0 unspecified atom stereocenters. The van der Waals surface area contributed by atoms with Crippen molar-refractivity contribution in [3.05, 3.63) is 64.7 Å². The summed E-state index contributed by atoms with van der Waals surface area (Å²) >= 11 is 1.86. The molecule has 4 rings (SSSR count). The van der Waals surface area contributed by atoms with Gasteiger partial charge in [0.15, 0.2) is 6.23 Å². The molecule has 2 atom stereocenters. The van der Waals surface area contributed by atoms with E-state index in [0.29, 0.717) is 0 Å². The molecule has 25 heavy (non-hydrogen) atoms. The lowest BCUT2D eigenvalue weighted by Gasteiger charge is -2.38. The summed E-state index contributed by atoms with van der Waals surface area (Å²) < 4.78 is 6.28. The maximum atomic E-state index is 6.28. The van der Waals surface area contributed by atoms with Gasteiger partial charge in [-0.25, -0.2) is 0 Å². The highest BCUT2D eigenvalue weighted by Gasteiger charge is 2.39. The van der Waals surface area contributed by atoms with Gasteiger partial charge in [0.25, 0.3) is 0 Å². The van der Waals surface area contributed by atoms with E-state index in [9.17, 15) is 0 Å². The van der Waals surface area contributed by atoms with Gasteiger partial charge >= 0.3 is 0 Å². The minimum atomic E-state index is 0.0244. The van der Waals surface area contributed by atoms with Crippen molar-refractivity contribution >= 4 is 17.5 Å². The van der Waals surface area contributed by atoms with Crippen LogP contribution >= 0.6 is 11.8 Å². The lowest BCUT2D eigenvalue weighted by atomic mass is 9.95. The lowest BCUT2D eigenvalue weighted by molar-refractivity contribution is -0.0180. The molecule has 130 valence electrons. The van der Waals surface area contributed by atoms with Crippen LogP contribution in [-0.2, 0) is 0 Å². The van der Waals surface area contributed by atoms with E-state index in [-0.39, 0.29) is 12.3 Å². The molecule has 0 N–H and O–H groups in total.